The molecule has 0 amide bonds. The summed E-state index contributed by atoms with van der Waals surface area (Å²) in [5.41, 5.74) is -1.99. The number of allylic oxidation sites excluding steroid dienone is 5. The predicted molar refractivity (Wildman–Crippen MR) is 140 cm³/mol. The molecule has 0 saturated carbocycles. The van der Waals surface area contributed by atoms with E-state index < -0.39 is 69.4 Å². The fourth-order valence-electron chi connectivity index (χ4n) is 4.25. The summed E-state index contributed by atoms with van der Waals surface area (Å²) in [6.07, 6.45) is 1.24. The van der Waals surface area contributed by atoms with Crippen LogP contribution in [0.3, 0.4) is 0 Å². The molecule has 0 atom stereocenters. The smallest absolute Gasteiger partial charge is 0.183 e. The van der Waals surface area contributed by atoms with Crippen molar-refractivity contribution in [2.75, 3.05) is 0 Å². The lowest BCUT2D eigenvalue weighted by molar-refractivity contribution is -0.127. The molecule has 0 saturated heterocycles. The van der Waals surface area contributed by atoms with E-state index in [1.807, 2.05) is 13.8 Å². The molecule has 8 nitrogen and oxygen atoms in total. The highest BCUT2D eigenvalue weighted by Crippen LogP contribution is 2.47. The molecular weight excluding hydrogens is 476 g/mol. The normalized spacial score (nSPS) is 15.6. The molecule has 1 aliphatic carbocycles. The summed E-state index contributed by atoms with van der Waals surface area (Å²) in [5.74, 6) is -5.63. The lowest BCUT2D eigenvalue weighted by Crippen LogP contribution is -2.37. The van der Waals surface area contributed by atoms with Gasteiger partial charge in [-0.3, -0.25) is 14.4 Å². The molecule has 1 aromatic carbocycles. The number of aliphatic hydroxyl groups excluding tert-OH is 2. The van der Waals surface area contributed by atoms with Crippen LogP contribution in [0.4, 0.5) is 0 Å². The molecule has 37 heavy (non-hydrogen) atoms. The van der Waals surface area contributed by atoms with Crippen molar-refractivity contribution in [3.63, 3.8) is 0 Å². The van der Waals surface area contributed by atoms with Crippen molar-refractivity contribution in [3.8, 4) is 17.2 Å². The molecule has 0 unspecified atom stereocenters. The van der Waals surface area contributed by atoms with Crippen LogP contribution in [-0.4, -0.2) is 42.9 Å². The second kappa shape index (κ2) is 10.8. The zero-order valence-electron chi connectivity index (χ0n) is 22.8. The molecule has 0 aliphatic heterocycles. The average molecular weight is 515 g/mol. The van der Waals surface area contributed by atoms with Crippen LogP contribution in [0.2, 0.25) is 0 Å². The number of hydrogen-bond donors (Lipinski definition) is 5. The Morgan fingerprint density at radius 3 is 1.92 bits per heavy atom. The molecule has 0 fully saturated rings. The van der Waals surface area contributed by atoms with Gasteiger partial charge in [0.15, 0.2) is 17.3 Å². The van der Waals surface area contributed by atoms with Crippen LogP contribution in [0, 0.1) is 17.3 Å². The van der Waals surface area contributed by atoms with Crippen LogP contribution < -0.4 is 0 Å². The number of ketones is 3. The zero-order chi connectivity index (χ0) is 28.6. The van der Waals surface area contributed by atoms with Gasteiger partial charge in [0.25, 0.3) is 0 Å². The first kappa shape index (κ1) is 29.7. The molecule has 202 valence electrons. The number of aliphatic hydroxyl groups is 2. The van der Waals surface area contributed by atoms with Crippen molar-refractivity contribution >= 4 is 17.3 Å². The third-order valence-corrected chi connectivity index (χ3v) is 6.52. The zero-order valence-corrected chi connectivity index (χ0v) is 22.8. The Kier molecular flexibility index (Phi) is 8.68. The number of benzene rings is 1. The molecule has 0 radical (unpaired) electrons. The van der Waals surface area contributed by atoms with Gasteiger partial charge in [0.2, 0.25) is 0 Å². The first-order valence-corrected chi connectivity index (χ1v) is 12.3. The van der Waals surface area contributed by atoms with E-state index in [4.69, 9.17) is 0 Å². The summed E-state index contributed by atoms with van der Waals surface area (Å²) in [5, 5.41) is 55.0. The quantitative estimate of drug-likeness (QED) is 0.164. The van der Waals surface area contributed by atoms with Crippen molar-refractivity contribution in [1.82, 2.24) is 0 Å². The summed E-state index contributed by atoms with van der Waals surface area (Å²) >= 11 is 0. The molecule has 0 aromatic heterocycles. The van der Waals surface area contributed by atoms with E-state index in [2.05, 4.69) is 0 Å². The van der Waals surface area contributed by atoms with Gasteiger partial charge < -0.3 is 25.5 Å². The molecule has 0 spiro atoms. The van der Waals surface area contributed by atoms with Gasteiger partial charge in [-0.05, 0) is 40.0 Å². The Morgan fingerprint density at radius 2 is 1.43 bits per heavy atom. The first-order valence-electron chi connectivity index (χ1n) is 12.3. The van der Waals surface area contributed by atoms with E-state index in [0.29, 0.717) is 0 Å². The van der Waals surface area contributed by atoms with Crippen LogP contribution in [-0.2, 0) is 22.4 Å². The molecule has 5 N–H and O–H groups in total. The van der Waals surface area contributed by atoms with Crippen LogP contribution >= 0.6 is 0 Å². The Balaban J connectivity index is 2.87. The second-order valence-electron chi connectivity index (χ2n) is 11.1. The van der Waals surface area contributed by atoms with Crippen molar-refractivity contribution < 1.29 is 39.9 Å². The molecular formula is C29H38O8. The van der Waals surface area contributed by atoms with Gasteiger partial charge in [0.1, 0.15) is 39.9 Å². The third-order valence-electron chi connectivity index (χ3n) is 6.52. The van der Waals surface area contributed by atoms with Crippen molar-refractivity contribution in [2.24, 2.45) is 17.3 Å². The number of aromatic hydroxyl groups is 3. The molecule has 0 bridgehead atoms. The lowest BCUT2D eigenvalue weighted by Gasteiger charge is -2.31. The van der Waals surface area contributed by atoms with E-state index >= 15 is 0 Å². The summed E-state index contributed by atoms with van der Waals surface area (Å²) in [6, 6.07) is 0. The number of rotatable bonds is 9. The van der Waals surface area contributed by atoms with Gasteiger partial charge in [-0.2, -0.15) is 0 Å². The maximum atomic E-state index is 13.1. The second-order valence-corrected chi connectivity index (χ2v) is 11.1. The van der Waals surface area contributed by atoms with Gasteiger partial charge in [0.05, 0.1) is 5.41 Å². The molecule has 2 rings (SSSR count). The monoisotopic (exact) mass is 514 g/mol. The van der Waals surface area contributed by atoms with Crippen LogP contribution in [0.25, 0.3) is 0 Å². The fraction of sp³-hybridized carbons (Fsp3) is 0.483. The summed E-state index contributed by atoms with van der Waals surface area (Å²) in [4.78, 5) is 38.9. The Hall–Kier alpha value is -3.55. The number of carbonyl (C=O) groups is 3. The highest BCUT2D eigenvalue weighted by molar-refractivity contribution is 6.24. The van der Waals surface area contributed by atoms with Gasteiger partial charge in [-0.25, -0.2) is 0 Å². The topological polar surface area (TPSA) is 152 Å². The van der Waals surface area contributed by atoms with Crippen molar-refractivity contribution in [2.45, 2.75) is 74.7 Å². The standard InChI is InChI=1S/C29H38O8/c1-13(2)9-10-16-23(32)17(25(34)21(24(16)33)22(31)15(5)6)12-18-26(35)20(19(30)11-14(3)4)28(37)29(7,8)27(18)36/h9,14-15,32-36H,10-12H2,1-8H3. The first-order chi connectivity index (χ1) is 16.9. The Labute approximate surface area is 217 Å². The van der Waals surface area contributed by atoms with Crippen molar-refractivity contribution in [3.05, 3.63) is 51.0 Å². The highest BCUT2D eigenvalue weighted by Gasteiger charge is 2.45. The van der Waals surface area contributed by atoms with E-state index in [0.717, 1.165) is 5.57 Å². The highest BCUT2D eigenvalue weighted by atomic mass is 16.3. The SMILES string of the molecule is CC(C)=CCc1c(O)c(CC2=C(O)C(C)(C)C(=O)C(C(=O)CC(C)C)=C2O)c(O)c(C(=O)C(C)C)c1O. The Morgan fingerprint density at radius 1 is 0.892 bits per heavy atom. The van der Waals surface area contributed by atoms with E-state index in [1.54, 1.807) is 33.8 Å². The minimum atomic E-state index is -1.56. The number of phenolic OH excluding ortho intramolecular Hbond substituents is 3. The third kappa shape index (κ3) is 5.58. The van der Waals surface area contributed by atoms with Crippen LogP contribution in [0.5, 0.6) is 17.2 Å². The minimum absolute atomic E-state index is 0.00907. The summed E-state index contributed by atoms with van der Waals surface area (Å²) in [6.45, 7) is 13.2. The van der Waals surface area contributed by atoms with E-state index in [-0.39, 0.29) is 41.0 Å². The number of Topliss-reactive ketones (excluding diaryl/α,β-unsaturated/α-hetero) is 3. The van der Waals surface area contributed by atoms with Crippen molar-refractivity contribution in [1.29, 1.82) is 0 Å². The van der Waals surface area contributed by atoms with Crippen LogP contribution in [0.15, 0.2) is 34.3 Å². The Bertz CT molecular complexity index is 1240. The minimum Gasteiger partial charge on any atom is -0.511 e. The number of phenols is 3. The van der Waals surface area contributed by atoms with E-state index in [1.165, 1.54) is 13.8 Å². The molecule has 1 aliphatic rings. The molecule has 0 heterocycles. The number of hydrogen-bond acceptors (Lipinski definition) is 8. The summed E-state index contributed by atoms with van der Waals surface area (Å²) < 4.78 is 0. The van der Waals surface area contributed by atoms with Crippen LogP contribution in [0.1, 0.15) is 83.3 Å². The van der Waals surface area contributed by atoms with Gasteiger partial charge in [0, 0.05) is 35.5 Å². The average Bonchev–Trinajstić information content (AvgIpc) is 2.76. The summed E-state index contributed by atoms with van der Waals surface area (Å²) in [7, 11) is 0. The van der Waals surface area contributed by atoms with Gasteiger partial charge >= 0.3 is 0 Å². The lowest BCUT2D eigenvalue weighted by atomic mass is 9.72. The number of carbonyl (C=O) groups excluding carboxylic acids is 3. The molecule has 8 heteroatoms. The predicted octanol–water partition coefficient (Wildman–Crippen LogP) is 5.54. The largest absolute Gasteiger partial charge is 0.511 e. The fourth-order valence-corrected chi connectivity index (χ4v) is 4.25. The maximum absolute atomic E-state index is 13.1. The van der Waals surface area contributed by atoms with Gasteiger partial charge in [-0.15, -0.1) is 0 Å². The van der Waals surface area contributed by atoms with Gasteiger partial charge in [-0.1, -0.05) is 39.3 Å². The maximum Gasteiger partial charge on any atom is 0.183 e. The molecule has 1 aromatic rings. The van der Waals surface area contributed by atoms with E-state index in [9.17, 15) is 39.9 Å².